The number of aromatic nitrogens is 4. The lowest BCUT2D eigenvalue weighted by molar-refractivity contribution is 0.572. The van der Waals surface area contributed by atoms with Crippen LogP contribution in [0.3, 0.4) is 0 Å². The average molecular weight is 276 g/mol. The zero-order valence-electron chi connectivity index (χ0n) is 12.1. The lowest BCUT2D eigenvalue weighted by Crippen LogP contribution is -2.40. The number of nitrogens with one attached hydrogen (secondary N) is 1. The number of H-pyrrole nitrogens is 1. The zero-order valence-corrected chi connectivity index (χ0v) is 12.1. The number of hydrogen-bond acceptors (Lipinski definition) is 3. The molecule has 20 heavy (non-hydrogen) atoms. The van der Waals surface area contributed by atoms with E-state index in [1.807, 2.05) is 19.9 Å². The first-order valence-electron chi connectivity index (χ1n) is 6.86. The van der Waals surface area contributed by atoms with Gasteiger partial charge in [-0.2, -0.15) is 0 Å². The standard InChI is InChI=1S/C14H20N4O2/c1-4-5-7-17-12-11(15-9-16-12)13(19)18(14(17)20)8-6-10(2)3/h6,9H,4-5,7-8H2,1-3H3,(H,15,16). The van der Waals surface area contributed by atoms with E-state index in [9.17, 15) is 9.59 Å². The van der Waals surface area contributed by atoms with Crippen molar-refractivity contribution >= 4 is 11.2 Å². The van der Waals surface area contributed by atoms with Gasteiger partial charge in [0.25, 0.3) is 5.56 Å². The first-order valence-corrected chi connectivity index (χ1v) is 6.86. The van der Waals surface area contributed by atoms with E-state index >= 15 is 0 Å². The van der Waals surface area contributed by atoms with E-state index in [2.05, 4.69) is 16.9 Å². The van der Waals surface area contributed by atoms with Crippen molar-refractivity contribution in [3.05, 3.63) is 38.8 Å². The number of nitrogens with zero attached hydrogens (tertiary/aromatic N) is 3. The van der Waals surface area contributed by atoms with Gasteiger partial charge in [0.1, 0.15) is 5.52 Å². The molecule has 2 rings (SSSR count). The number of aromatic amines is 1. The fourth-order valence-corrected chi connectivity index (χ4v) is 2.06. The molecule has 0 aromatic carbocycles. The summed E-state index contributed by atoms with van der Waals surface area (Å²) in [6.45, 7) is 6.81. The number of imidazole rings is 1. The van der Waals surface area contributed by atoms with Crippen LogP contribution < -0.4 is 11.2 Å². The predicted octanol–water partition coefficient (Wildman–Crippen LogP) is 1.65. The van der Waals surface area contributed by atoms with Gasteiger partial charge in [0.2, 0.25) is 0 Å². The molecule has 0 amide bonds. The SMILES string of the molecule is CCCCn1c(=O)n(CC=C(C)C)c(=O)c2[nH]cnc21. The van der Waals surface area contributed by atoms with Gasteiger partial charge in [0.15, 0.2) is 5.65 Å². The third-order valence-corrected chi connectivity index (χ3v) is 3.21. The second-order valence-corrected chi connectivity index (χ2v) is 5.09. The Balaban J connectivity index is 2.65. The highest BCUT2D eigenvalue weighted by Crippen LogP contribution is 2.03. The van der Waals surface area contributed by atoms with Crippen molar-refractivity contribution in [1.29, 1.82) is 0 Å². The molecule has 0 aliphatic carbocycles. The van der Waals surface area contributed by atoms with Gasteiger partial charge >= 0.3 is 5.69 Å². The maximum absolute atomic E-state index is 12.5. The number of rotatable bonds is 5. The Hall–Kier alpha value is -2.11. The zero-order chi connectivity index (χ0) is 14.7. The van der Waals surface area contributed by atoms with Gasteiger partial charge in [-0.25, -0.2) is 9.78 Å². The van der Waals surface area contributed by atoms with Crippen molar-refractivity contribution in [2.24, 2.45) is 0 Å². The smallest absolute Gasteiger partial charge is 0.333 e. The Morgan fingerprint density at radius 1 is 1.35 bits per heavy atom. The lowest BCUT2D eigenvalue weighted by Gasteiger charge is -2.09. The van der Waals surface area contributed by atoms with Crippen LogP contribution in [0.15, 0.2) is 27.6 Å². The van der Waals surface area contributed by atoms with Gasteiger partial charge < -0.3 is 4.98 Å². The van der Waals surface area contributed by atoms with Crippen LogP contribution in [0.4, 0.5) is 0 Å². The molecule has 0 atom stereocenters. The van der Waals surface area contributed by atoms with Crippen molar-refractivity contribution < 1.29 is 0 Å². The number of aryl methyl sites for hydroxylation is 1. The van der Waals surface area contributed by atoms with Crippen LogP contribution >= 0.6 is 0 Å². The first-order chi connectivity index (χ1) is 9.56. The Morgan fingerprint density at radius 2 is 2.10 bits per heavy atom. The highest BCUT2D eigenvalue weighted by atomic mass is 16.2. The summed E-state index contributed by atoms with van der Waals surface area (Å²) >= 11 is 0. The summed E-state index contributed by atoms with van der Waals surface area (Å²) in [7, 11) is 0. The Bertz CT molecular complexity index is 745. The molecular formula is C14H20N4O2. The van der Waals surface area contributed by atoms with Crippen LogP contribution in [0.5, 0.6) is 0 Å². The van der Waals surface area contributed by atoms with Crippen molar-refractivity contribution in [3.8, 4) is 0 Å². The molecule has 2 aromatic rings. The maximum Gasteiger partial charge on any atom is 0.333 e. The van der Waals surface area contributed by atoms with E-state index < -0.39 is 0 Å². The van der Waals surface area contributed by atoms with Crippen molar-refractivity contribution in [1.82, 2.24) is 19.1 Å². The van der Waals surface area contributed by atoms with E-state index in [0.717, 1.165) is 18.4 Å². The normalized spacial score (nSPS) is 10.9. The molecule has 2 aromatic heterocycles. The molecule has 0 radical (unpaired) electrons. The van der Waals surface area contributed by atoms with Crippen LogP contribution in [-0.4, -0.2) is 19.1 Å². The molecule has 0 aliphatic heterocycles. The van der Waals surface area contributed by atoms with Gasteiger partial charge in [-0.05, 0) is 20.3 Å². The number of fused-ring (bicyclic) bond motifs is 1. The van der Waals surface area contributed by atoms with Crippen LogP contribution in [0.1, 0.15) is 33.6 Å². The van der Waals surface area contributed by atoms with Crippen molar-refractivity contribution in [2.45, 2.75) is 46.7 Å². The van der Waals surface area contributed by atoms with Crippen LogP contribution in [0.25, 0.3) is 11.2 Å². The highest BCUT2D eigenvalue weighted by molar-refractivity contribution is 5.68. The molecule has 6 nitrogen and oxygen atoms in total. The van der Waals surface area contributed by atoms with Crippen LogP contribution in [0, 0.1) is 0 Å². The van der Waals surface area contributed by atoms with Crippen molar-refractivity contribution in [3.63, 3.8) is 0 Å². The van der Waals surface area contributed by atoms with Gasteiger partial charge in [0, 0.05) is 13.1 Å². The maximum atomic E-state index is 12.5. The minimum Gasteiger partial charge on any atom is -0.339 e. The molecule has 0 bridgehead atoms. The molecule has 0 unspecified atom stereocenters. The molecule has 0 fully saturated rings. The molecule has 0 spiro atoms. The molecule has 2 heterocycles. The Labute approximate surface area is 116 Å². The molecule has 6 heteroatoms. The minimum absolute atomic E-state index is 0.291. The summed E-state index contributed by atoms with van der Waals surface area (Å²) < 4.78 is 2.83. The third kappa shape index (κ3) is 2.59. The molecular weight excluding hydrogens is 256 g/mol. The molecule has 0 saturated heterocycles. The van der Waals surface area contributed by atoms with Crippen LogP contribution in [0.2, 0.25) is 0 Å². The van der Waals surface area contributed by atoms with Gasteiger partial charge in [-0.15, -0.1) is 0 Å². The van der Waals surface area contributed by atoms with Gasteiger partial charge in [-0.3, -0.25) is 13.9 Å². The summed E-state index contributed by atoms with van der Waals surface area (Å²) in [5.74, 6) is 0. The quantitative estimate of drug-likeness (QED) is 0.844. The highest BCUT2D eigenvalue weighted by Gasteiger charge is 2.13. The molecule has 108 valence electrons. The van der Waals surface area contributed by atoms with Crippen molar-refractivity contribution in [2.75, 3.05) is 0 Å². The Morgan fingerprint density at radius 3 is 2.75 bits per heavy atom. The average Bonchev–Trinajstić information content (AvgIpc) is 2.87. The van der Waals surface area contributed by atoms with Crippen LogP contribution in [-0.2, 0) is 13.1 Å². The molecule has 0 saturated carbocycles. The summed E-state index contributed by atoms with van der Waals surface area (Å²) in [5.41, 5.74) is 1.30. The number of unbranched alkanes of at least 4 members (excludes halogenated alkanes) is 1. The van der Waals surface area contributed by atoms with Gasteiger partial charge in [-0.1, -0.05) is 25.0 Å². The van der Waals surface area contributed by atoms with Gasteiger partial charge in [0.05, 0.1) is 6.33 Å². The summed E-state index contributed by atoms with van der Waals surface area (Å²) in [5, 5.41) is 0. The summed E-state index contributed by atoms with van der Waals surface area (Å²) in [4.78, 5) is 31.7. The minimum atomic E-state index is -0.312. The van der Waals surface area contributed by atoms with E-state index in [1.165, 1.54) is 10.9 Å². The third-order valence-electron chi connectivity index (χ3n) is 3.21. The predicted molar refractivity (Wildman–Crippen MR) is 79.0 cm³/mol. The fraction of sp³-hybridized carbons (Fsp3) is 0.500. The summed E-state index contributed by atoms with van der Waals surface area (Å²) in [6.07, 6.45) is 5.18. The van der Waals surface area contributed by atoms with E-state index in [1.54, 1.807) is 4.57 Å². The second kappa shape index (κ2) is 5.90. The fourth-order valence-electron chi connectivity index (χ4n) is 2.06. The summed E-state index contributed by atoms with van der Waals surface area (Å²) in [6, 6.07) is 0. The number of allylic oxidation sites excluding steroid dienone is 2. The topological polar surface area (TPSA) is 72.7 Å². The monoisotopic (exact) mass is 276 g/mol. The largest absolute Gasteiger partial charge is 0.339 e. The van der Waals surface area contributed by atoms with E-state index in [0.29, 0.717) is 24.3 Å². The van der Waals surface area contributed by atoms with E-state index in [-0.39, 0.29) is 11.2 Å². The first kappa shape index (κ1) is 14.3. The Kier molecular flexibility index (Phi) is 4.22. The number of hydrogen-bond donors (Lipinski definition) is 1. The molecule has 0 aliphatic rings. The van der Waals surface area contributed by atoms with E-state index in [4.69, 9.17) is 0 Å². The second-order valence-electron chi connectivity index (χ2n) is 5.09. The molecule has 1 N–H and O–H groups in total. The lowest BCUT2D eigenvalue weighted by atomic mass is 10.3.